The third-order valence-electron chi connectivity index (χ3n) is 7.11. The van der Waals surface area contributed by atoms with Gasteiger partial charge in [0.2, 0.25) is 5.69 Å². The summed E-state index contributed by atoms with van der Waals surface area (Å²) in [7, 11) is 3.91. The number of fused-ring (bicyclic) bond motifs is 1. The van der Waals surface area contributed by atoms with E-state index in [1.807, 2.05) is 6.07 Å². The van der Waals surface area contributed by atoms with Gasteiger partial charge in [-0.3, -0.25) is 0 Å². The van der Waals surface area contributed by atoms with E-state index in [4.69, 9.17) is 16.3 Å². The van der Waals surface area contributed by atoms with Gasteiger partial charge in [0.05, 0.1) is 12.5 Å². The third kappa shape index (κ3) is 5.30. The van der Waals surface area contributed by atoms with Crippen LogP contribution in [0.5, 0.6) is 5.75 Å². The molecule has 0 saturated carbocycles. The maximum absolute atomic E-state index is 6.35. The van der Waals surface area contributed by atoms with Crippen molar-refractivity contribution in [3.05, 3.63) is 58.6 Å². The fourth-order valence-corrected chi connectivity index (χ4v) is 4.99. The van der Waals surface area contributed by atoms with Crippen LogP contribution in [0.3, 0.4) is 0 Å². The highest BCUT2D eigenvalue weighted by Crippen LogP contribution is 2.43. The summed E-state index contributed by atoms with van der Waals surface area (Å²) in [6.07, 6.45) is 10.3. The predicted octanol–water partition coefficient (Wildman–Crippen LogP) is 7.86. The van der Waals surface area contributed by atoms with Gasteiger partial charge in [-0.05, 0) is 56.5 Å². The first-order valence-electron chi connectivity index (χ1n) is 12.4. The molecule has 0 spiro atoms. The van der Waals surface area contributed by atoms with Gasteiger partial charge in [-0.1, -0.05) is 45.2 Å². The molecule has 1 aliphatic rings. The van der Waals surface area contributed by atoms with Gasteiger partial charge in [0.15, 0.2) is 5.71 Å². The van der Waals surface area contributed by atoms with E-state index in [1.165, 1.54) is 48.3 Å². The van der Waals surface area contributed by atoms with Crippen LogP contribution in [0.4, 0.5) is 11.4 Å². The van der Waals surface area contributed by atoms with Gasteiger partial charge in [-0.15, -0.1) is 0 Å². The zero-order valence-corrected chi connectivity index (χ0v) is 22.0. The number of hydrogen-bond donors (Lipinski definition) is 0. The molecule has 0 radical (unpaired) electrons. The molecule has 2 aromatic rings. The number of unbranched alkanes of at least 4 members (excludes halogenated alkanes) is 2. The lowest BCUT2D eigenvalue weighted by Crippen LogP contribution is -2.29. The lowest BCUT2D eigenvalue weighted by molar-refractivity contribution is -0.401. The van der Waals surface area contributed by atoms with Crippen LogP contribution in [0.2, 0.25) is 5.02 Å². The Labute approximate surface area is 205 Å². The number of rotatable bonds is 11. The van der Waals surface area contributed by atoms with Crippen molar-refractivity contribution in [1.82, 2.24) is 0 Å². The number of hydrogen-bond acceptors (Lipinski definition) is 2. The second-order valence-electron chi connectivity index (χ2n) is 9.25. The standard InChI is InChI=1S/C29H40ClN2O/c1-7-10-18-32(19-11-8-2)24-15-12-22(27(21-24)33-6)13-17-28-29(4,9-3)25-20-23(30)14-16-26(25)31(28)5/h12-17,20-21H,7-11,18-19H2,1-6H3/q+1. The van der Waals surface area contributed by atoms with Crippen molar-refractivity contribution in [2.75, 3.05) is 32.1 Å². The van der Waals surface area contributed by atoms with Crippen molar-refractivity contribution in [3.8, 4) is 5.75 Å². The summed E-state index contributed by atoms with van der Waals surface area (Å²) in [6.45, 7) is 11.2. The molecule has 33 heavy (non-hydrogen) atoms. The largest absolute Gasteiger partial charge is 0.496 e. The van der Waals surface area contributed by atoms with E-state index in [0.717, 1.165) is 35.8 Å². The molecule has 3 rings (SSSR count). The summed E-state index contributed by atoms with van der Waals surface area (Å²) >= 11 is 6.35. The van der Waals surface area contributed by atoms with Crippen LogP contribution in [0.1, 0.15) is 70.9 Å². The lowest BCUT2D eigenvalue weighted by Gasteiger charge is -2.25. The van der Waals surface area contributed by atoms with Crippen LogP contribution in [-0.4, -0.2) is 37.5 Å². The summed E-state index contributed by atoms with van der Waals surface area (Å²) in [5, 5.41) is 0.792. The highest BCUT2D eigenvalue weighted by atomic mass is 35.5. The van der Waals surface area contributed by atoms with Gasteiger partial charge in [0.1, 0.15) is 12.8 Å². The van der Waals surface area contributed by atoms with Gasteiger partial charge in [-0.2, -0.15) is 4.58 Å². The molecule has 178 valence electrons. The zero-order chi connectivity index (χ0) is 24.0. The molecular weight excluding hydrogens is 428 g/mol. The summed E-state index contributed by atoms with van der Waals surface area (Å²) in [4.78, 5) is 2.50. The Kier molecular flexibility index (Phi) is 8.64. The molecule has 0 saturated heterocycles. The second kappa shape index (κ2) is 11.2. The Morgan fingerprint density at radius 2 is 1.70 bits per heavy atom. The van der Waals surface area contributed by atoms with E-state index in [9.17, 15) is 0 Å². The Morgan fingerprint density at radius 1 is 1.00 bits per heavy atom. The molecule has 1 atom stereocenters. The lowest BCUT2D eigenvalue weighted by atomic mass is 9.77. The summed E-state index contributed by atoms with van der Waals surface area (Å²) < 4.78 is 8.12. The SMILES string of the molecule is CCCCN(CCCC)c1ccc(/C=C/C2=[N+](C)c3ccc(Cl)cc3C2(C)CC)c(OC)c1. The first-order valence-corrected chi connectivity index (χ1v) is 12.8. The Hall–Kier alpha value is -2.26. The van der Waals surface area contributed by atoms with Crippen molar-refractivity contribution < 1.29 is 9.31 Å². The summed E-state index contributed by atoms with van der Waals surface area (Å²) in [6, 6.07) is 12.9. The average molecular weight is 468 g/mol. The van der Waals surface area contributed by atoms with Crippen LogP contribution in [0, 0.1) is 0 Å². The molecule has 3 nitrogen and oxygen atoms in total. The maximum Gasteiger partial charge on any atom is 0.209 e. The Morgan fingerprint density at radius 3 is 2.30 bits per heavy atom. The fraction of sp³-hybridized carbons (Fsp3) is 0.483. The molecule has 1 unspecified atom stereocenters. The molecular formula is C29H40ClN2O+. The fourth-order valence-electron chi connectivity index (χ4n) is 4.82. The van der Waals surface area contributed by atoms with Crippen molar-refractivity contribution in [3.63, 3.8) is 0 Å². The minimum atomic E-state index is -0.0736. The number of anilines is 1. The molecule has 0 N–H and O–H groups in total. The minimum absolute atomic E-state index is 0.0736. The van der Waals surface area contributed by atoms with Gasteiger partial charge in [0, 0.05) is 53.1 Å². The predicted molar refractivity (Wildman–Crippen MR) is 144 cm³/mol. The van der Waals surface area contributed by atoms with Crippen molar-refractivity contribution >= 4 is 34.8 Å². The molecule has 0 aliphatic carbocycles. The maximum atomic E-state index is 6.35. The van der Waals surface area contributed by atoms with E-state index in [0.29, 0.717) is 0 Å². The average Bonchev–Trinajstić information content (AvgIpc) is 3.04. The number of methoxy groups -OCH3 is 1. The van der Waals surface area contributed by atoms with Crippen LogP contribution >= 0.6 is 11.6 Å². The molecule has 0 bridgehead atoms. The molecule has 1 aliphatic heterocycles. The summed E-state index contributed by atoms with van der Waals surface area (Å²) in [5.74, 6) is 0.918. The van der Waals surface area contributed by atoms with Gasteiger partial charge >= 0.3 is 0 Å². The topological polar surface area (TPSA) is 15.5 Å². The highest BCUT2D eigenvalue weighted by Gasteiger charge is 2.45. The number of ether oxygens (including phenoxy) is 1. The first-order chi connectivity index (χ1) is 15.9. The van der Waals surface area contributed by atoms with Crippen LogP contribution in [0.25, 0.3) is 6.08 Å². The monoisotopic (exact) mass is 467 g/mol. The quantitative estimate of drug-likeness (QED) is 0.312. The van der Waals surface area contributed by atoms with E-state index in [1.54, 1.807) is 7.11 Å². The van der Waals surface area contributed by atoms with Crippen LogP contribution in [-0.2, 0) is 5.41 Å². The first kappa shape index (κ1) is 25.4. The van der Waals surface area contributed by atoms with E-state index in [-0.39, 0.29) is 5.41 Å². The molecule has 0 amide bonds. The number of nitrogens with zero attached hydrogens (tertiary/aromatic N) is 2. The Balaban J connectivity index is 1.93. The van der Waals surface area contributed by atoms with E-state index in [2.05, 4.69) is 86.7 Å². The van der Waals surface area contributed by atoms with Crippen molar-refractivity contribution in [1.29, 1.82) is 0 Å². The molecule has 0 fully saturated rings. The number of benzene rings is 2. The summed E-state index contributed by atoms with van der Waals surface area (Å²) in [5.41, 5.74) is 6.08. The highest BCUT2D eigenvalue weighted by molar-refractivity contribution is 6.30. The van der Waals surface area contributed by atoms with Gasteiger partial charge in [-0.25, -0.2) is 0 Å². The molecule has 4 heteroatoms. The van der Waals surface area contributed by atoms with Crippen LogP contribution < -0.4 is 9.64 Å². The number of halogens is 1. The van der Waals surface area contributed by atoms with E-state index < -0.39 is 0 Å². The molecule has 1 heterocycles. The number of allylic oxidation sites excluding steroid dienone is 1. The minimum Gasteiger partial charge on any atom is -0.496 e. The molecule has 2 aromatic carbocycles. The zero-order valence-electron chi connectivity index (χ0n) is 21.2. The van der Waals surface area contributed by atoms with Gasteiger partial charge in [0.25, 0.3) is 0 Å². The Bertz CT molecular complexity index is 1020. The van der Waals surface area contributed by atoms with Crippen molar-refractivity contribution in [2.45, 2.75) is 65.2 Å². The second-order valence-corrected chi connectivity index (χ2v) is 9.68. The smallest absolute Gasteiger partial charge is 0.209 e. The van der Waals surface area contributed by atoms with Gasteiger partial charge < -0.3 is 9.64 Å². The normalized spacial score (nSPS) is 17.7. The molecule has 0 aromatic heterocycles. The van der Waals surface area contributed by atoms with E-state index >= 15 is 0 Å². The van der Waals surface area contributed by atoms with Crippen LogP contribution in [0.15, 0.2) is 42.5 Å². The van der Waals surface area contributed by atoms with Crippen molar-refractivity contribution in [2.24, 2.45) is 0 Å². The third-order valence-corrected chi connectivity index (χ3v) is 7.35.